The molecule has 0 radical (unpaired) electrons. The van der Waals surface area contributed by atoms with Crippen molar-refractivity contribution >= 4 is 35.2 Å². The Morgan fingerprint density at radius 3 is 2.34 bits per heavy atom. The van der Waals surface area contributed by atoms with Gasteiger partial charge < -0.3 is 10.2 Å². The number of hydrogen-bond donors (Lipinski definition) is 1. The van der Waals surface area contributed by atoms with Gasteiger partial charge in [-0.25, -0.2) is 0 Å². The fourth-order valence-corrected chi connectivity index (χ4v) is 3.90. The second-order valence-corrected chi connectivity index (χ2v) is 8.73. The van der Waals surface area contributed by atoms with Crippen LogP contribution in [-0.2, 0) is 16.1 Å². The van der Waals surface area contributed by atoms with E-state index in [0.717, 1.165) is 10.5 Å². The van der Waals surface area contributed by atoms with E-state index in [1.807, 2.05) is 69.3 Å². The summed E-state index contributed by atoms with van der Waals surface area (Å²) >= 11 is 7.81. The van der Waals surface area contributed by atoms with Gasteiger partial charge in [0.1, 0.15) is 6.04 Å². The second-order valence-electron chi connectivity index (χ2n) is 7.28. The summed E-state index contributed by atoms with van der Waals surface area (Å²) in [6.45, 7) is 6.91. The number of halogens is 1. The molecule has 0 spiro atoms. The van der Waals surface area contributed by atoms with Crippen molar-refractivity contribution in [1.82, 2.24) is 10.2 Å². The number of thioether (sulfide) groups is 1. The molecule has 0 aliphatic heterocycles. The first-order valence-electron chi connectivity index (χ1n) is 9.90. The van der Waals surface area contributed by atoms with Gasteiger partial charge in [0.05, 0.1) is 5.75 Å². The van der Waals surface area contributed by atoms with Gasteiger partial charge in [-0.1, -0.05) is 68.8 Å². The first kappa shape index (κ1) is 23.3. The molecule has 2 amide bonds. The Morgan fingerprint density at radius 1 is 1.07 bits per heavy atom. The molecule has 0 aliphatic carbocycles. The summed E-state index contributed by atoms with van der Waals surface area (Å²) in [6.07, 6.45) is 0.538. The standard InChI is InChI=1S/C23H29ClN2O2S/c1-4-21(23(28)25-14-17(2)3)26(15-18-10-8-9-13-20(18)24)22(27)16-29-19-11-6-5-7-12-19/h5-13,17,21H,4,14-16H2,1-3H3,(H,25,28)/t21-/m1/s1. The van der Waals surface area contributed by atoms with E-state index in [-0.39, 0.29) is 17.6 Å². The van der Waals surface area contributed by atoms with Crippen LogP contribution in [0.5, 0.6) is 0 Å². The van der Waals surface area contributed by atoms with Crippen LogP contribution >= 0.6 is 23.4 Å². The van der Waals surface area contributed by atoms with Crippen LogP contribution in [0.1, 0.15) is 32.8 Å². The third kappa shape index (κ3) is 7.41. The molecule has 0 heterocycles. The number of carbonyl (C=O) groups is 2. The van der Waals surface area contributed by atoms with Gasteiger partial charge in [0.25, 0.3) is 0 Å². The van der Waals surface area contributed by atoms with Gasteiger partial charge in [-0.3, -0.25) is 9.59 Å². The van der Waals surface area contributed by atoms with Crippen LogP contribution in [-0.4, -0.2) is 35.1 Å². The van der Waals surface area contributed by atoms with E-state index in [4.69, 9.17) is 11.6 Å². The fourth-order valence-electron chi connectivity index (χ4n) is 2.90. The fraction of sp³-hybridized carbons (Fsp3) is 0.391. The number of carbonyl (C=O) groups excluding carboxylic acids is 2. The molecule has 0 fully saturated rings. The van der Waals surface area contributed by atoms with Crippen LogP contribution in [0.4, 0.5) is 0 Å². The number of hydrogen-bond acceptors (Lipinski definition) is 3. The van der Waals surface area contributed by atoms with Crippen LogP contribution in [0.3, 0.4) is 0 Å². The zero-order chi connectivity index (χ0) is 21.2. The lowest BCUT2D eigenvalue weighted by Crippen LogP contribution is -2.50. The SMILES string of the molecule is CC[C@H](C(=O)NCC(C)C)N(Cc1ccccc1Cl)C(=O)CSc1ccccc1. The molecule has 1 atom stereocenters. The smallest absolute Gasteiger partial charge is 0.242 e. The molecule has 2 aromatic carbocycles. The first-order valence-corrected chi connectivity index (χ1v) is 11.3. The Bertz CT molecular complexity index is 798. The third-order valence-corrected chi connectivity index (χ3v) is 5.84. The van der Waals surface area contributed by atoms with Gasteiger partial charge >= 0.3 is 0 Å². The molecule has 0 aliphatic rings. The number of nitrogens with one attached hydrogen (secondary N) is 1. The summed E-state index contributed by atoms with van der Waals surface area (Å²) in [6, 6.07) is 16.7. The van der Waals surface area contributed by atoms with E-state index in [1.54, 1.807) is 11.0 Å². The zero-order valence-electron chi connectivity index (χ0n) is 17.2. The Balaban J connectivity index is 2.19. The van der Waals surface area contributed by atoms with E-state index in [1.165, 1.54) is 11.8 Å². The normalized spacial score (nSPS) is 11.9. The Hall–Kier alpha value is -1.98. The molecule has 0 saturated carbocycles. The molecule has 0 bridgehead atoms. The van der Waals surface area contributed by atoms with E-state index in [2.05, 4.69) is 5.32 Å². The summed E-state index contributed by atoms with van der Waals surface area (Å²) in [7, 11) is 0. The van der Waals surface area contributed by atoms with Gasteiger partial charge in [-0.15, -0.1) is 11.8 Å². The third-order valence-electron chi connectivity index (χ3n) is 4.47. The maximum Gasteiger partial charge on any atom is 0.242 e. The molecule has 2 aromatic rings. The second kappa shape index (κ2) is 11.9. The highest BCUT2D eigenvalue weighted by Crippen LogP contribution is 2.22. The maximum atomic E-state index is 13.2. The molecule has 4 nitrogen and oxygen atoms in total. The molecule has 0 unspecified atom stereocenters. The van der Waals surface area contributed by atoms with Crippen molar-refractivity contribution < 1.29 is 9.59 Å². The van der Waals surface area contributed by atoms with Crippen molar-refractivity contribution in [3.05, 3.63) is 65.2 Å². The number of amides is 2. The molecule has 6 heteroatoms. The van der Waals surface area contributed by atoms with Crippen molar-refractivity contribution in [3.8, 4) is 0 Å². The van der Waals surface area contributed by atoms with Crippen molar-refractivity contribution in [2.24, 2.45) is 5.92 Å². The van der Waals surface area contributed by atoms with Gasteiger partial charge in [0.15, 0.2) is 0 Å². The summed E-state index contributed by atoms with van der Waals surface area (Å²) in [5.41, 5.74) is 0.835. The summed E-state index contributed by atoms with van der Waals surface area (Å²) in [4.78, 5) is 28.7. The minimum Gasteiger partial charge on any atom is -0.354 e. The average molecular weight is 433 g/mol. The van der Waals surface area contributed by atoms with Crippen molar-refractivity contribution in [1.29, 1.82) is 0 Å². The minimum atomic E-state index is -0.533. The molecule has 29 heavy (non-hydrogen) atoms. The van der Waals surface area contributed by atoms with E-state index < -0.39 is 6.04 Å². The van der Waals surface area contributed by atoms with Crippen molar-refractivity contribution in [3.63, 3.8) is 0 Å². The Kier molecular flexibility index (Phi) is 9.55. The van der Waals surface area contributed by atoms with Gasteiger partial charge in [-0.2, -0.15) is 0 Å². The van der Waals surface area contributed by atoms with Crippen LogP contribution < -0.4 is 5.32 Å². The first-order chi connectivity index (χ1) is 13.9. The molecule has 0 saturated heterocycles. The lowest BCUT2D eigenvalue weighted by Gasteiger charge is -2.31. The van der Waals surface area contributed by atoms with E-state index in [0.29, 0.717) is 30.5 Å². The highest BCUT2D eigenvalue weighted by molar-refractivity contribution is 8.00. The number of benzene rings is 2. The molecule has 156 valence electrons. The predicted octanol–water partition coefficient (Wildman–Crippen LogP) is 5.01. The zero-order valence-corrected chi connectivity index (χ0v) is 18.8. The summed E-state index contributed by atoms with van der Waals surface area (Å²) < 4.78 is 0. The van der Waals surface area contributed by atoms with Crippen LogP contribution in [0.25, 0.3) is 0 Å². The Labute approximate surface area is 183 Å². The van der Waals surface area contributed by atoms with E-state index >= 15 is 0 Å². The largest absolute Gasteiger partial charge is 0.354 e. The quantitative estimate of drug-likeness (QED) is 0.537. The number of nitrogens with zero attached hydrogens (tertiary/aromatic N) is 1. The summed E-state index contributed by atoms with van der Waals surface area (Å²) in [5.74, 6) is 0.414. The predicted molar refractivity (Wildman–Crippen MR) is 121 cm³/mol. The minimum absolute atomic E-state index is 0.0784. The van der Waals surface area contributed by atoms with Gasteiger partial charge in [-0.05, 0) is 36.1 Å². The highest BCUT2D eigenvalue weighted by Gasteiger charge is 2.29. The molecule has 2 rings (SSSR count). The number of rotatable bonds is 10. The van der Waals surface area contributed by atoms with Crippen molar-refractivity contribution in [2.75, 3.05) is 12.3 Å². The average Bonchev–Trinajstić information content (AvgIpc) is 2.72. The topological polar surface area (TPSA) is 49.4 Å². The van der Waals surface area contributed by atoms with Crippen LogP contribution in [0.2, 0.25) is 5.02 Å². The molecular formula is C23H29ClN2O2S. The van der Waals surface area contributed by atoms with Crippen LogP contribution in [0, 0.1) is 5.92 Å². The van der Waals surface area contributed by atoms with Crippen molar-refractivity contribution in [2.45, 2.75) is 44.7 Å². The maximum absolute atomic E-state index is 13.2. The lowest BCUT2D eigenvalue weighted by molar-refractivity contribution is -0.139. The summed E-state index contributed by atoms with van der Waals surface area (Å²) in [5, 5.41) is 3.57. The lowest BCUT2D eigenvalue weighted by atomic mass is 10.1. The monoisotopic (exact) mass is 432 g/mol. The Morgan fingerprint density at radius 2 is 1.72 bits per heavy atom. The molecular weight excluding hydrogens is 404 g/mol. The molecule has 1 N–H and O–H groups in total. The van der Waals surface area contributed by atoms with E-state index in [9.17, 15) is 9.59 Å². The van der Waals surface area contributed by atoms with Crippen LogP contribution in [0.15, 0.2) is 59.5 Å². The highest BCUT2D eigenvalue weighted by atomic mass is 35.5. The molecule has 0 aromatic heterocycles. The van der Waals surface area contributed by atoms with Gasteiger partial charge in [0, 0.05) is 23.0 Å². The van der Waals surface area contributed by atoms with Gasteiger partial charge in [0.2, 0.25) is 11.8 Å².